The third-order valence-corrected chi connectivity index (χ3v) is 2.52. The van der Waals surface area contributed by atoms with Crippen molar-refractivity contribution in [1.29, 1.82) is 0 Å². The second-order valence-electron chi connectivity index (χ2n) is 3.57. The zero-order valence-corrected chi connectivity index (χ0v) is 8.28. The summed E-state index contributed by atoms with van der Waals surface area (Å²) in [4.78, 5) is 31.7. The summed E-state index contributed by atoms with van der Waals surface area (Å²) < 4.78 is 0. The van der Waals surface area contributed by atoms with Crippen LogP contribution in [0.2, 0.25) is 0 Å². The van der Waals surface area contributed by atoms with Crippen molar-refractivity contribution < 1.29 is 24.7 Å². The van der Waals surface area contributed by atoms with Gasteiger partial charge >= 0.3 is 11.9 Å². The van der Waals surface area contributed by atoms with Crippen molar-refractivity contribution in [3.05, 3.63) is 34.0 Å². The highest BCUT2D eigenvalue weighted by atomic mass is 16.6. The number of nitrogens with zero attached hydrogens (tertiary/aromatic N) is 1. The molecule has 0 bridgehead atoms. The van der Waals surface area contributed by atoms with E-state index in [4.69, 9.17) is 10.2 Å². The van der Waals surface area contributed by atoms with Crippen molar-refractivity contribution in [2.45, 2.75) is 6.92 Å². The molecule has 0 saturated heterocycles. The summed E-state index contributed by atoms with van der Waals surface area (Å²) in [5.41, 5.74) is -2.43. The van der Waals surface area contributed by atoms with Crippen LogP contribution in [0.15, 0.2) is 23.9 Å². The number of aliphatic carboxylic acids is 2. The molecular formula is C9H9NO6. The number of carboxylic acids is 2. The highest BCUT2D eigenvalue weighted by Crippen LogP contribution is 2.38. The second kappa shape index (κ2) is 3.76. The fraction of sp³-hybridized carbons (Fsp3) is 0.333. The molecule has 0 amide bonds. The minimum absolute atomic E-state index is 0.625. The number of hydrogen-bond donors (Lipinski definition) is 2. The Labute approximate surface area is 89.8 Å². The molecule has 0 unspecified atom stereocenters. The number of hydrogen-bond acceptors (Lipinski definition) is 4. The fourth-order valence-corrected chi connectivity index (χ4v) is 1.59. The van der Waals surface area contributed by atoms with E-state index in [9.17, 15) is 19.7 Å². The highest BCUT2D eigenvalue weighted by molar-refractivity contribution is 5.87. The molecule has 7 nitrogen and oxygen atoms in total. The SMILES string of the molecule is C[C@@]1(C(=O)O)C=CC=C([N+](=O)[O-])[C@@H]1C(=O)O. The molecule has 0 radical (unpaired) electrons. The molecule has 0 aromatic heterocycles. The van der Waals surface area contributed by atoms with Crippen LogP contribution < -0.4 is 0 Å². The average Bonchev–Trinajstić information content (AvgIpc) is 2.16. The summed E-state index contributed by atoms with van der Waals surface area (Å²) in [5.74, 6) is -4.63. The lowest BCUT2D eigenvalue weighted by atomic mass is 9.72. The molecule has 0 aliphatic heterocycles. The Morgan fingerprint density at radius 1 is 1.50 bits per heavy atom. The lowest BCUT2D eigenvalue weighted by molar-refractivity contribution is -0.434. The van der Waals surface area contributed by atoms with Gasteiger partial charge in [-0.2, -0.15) is 0 Å². The first kappa shape index (κ1) is 11.9. The molecule has 0 spiro atoms. The van der Waals surface area contributed by atoms with Gasteiger partial charge < -0.3 is 10.2 Å². The van der Waals surface area contributed by atoms with Crippen molar-refractivity contribution in [2.75, 3.05) is 0 Å². The average molecular weight is 227 g/mol. The van der Waals surface area contributed by atoms with Crippen LogP contribution in [0.4, 0.5) is 0 Å². The van der Waals surface area contributed by atoms with Crippen LogP contribution in [0.25, 0.3) is 0 Å². The van der Waals surface area contributed by atoms with Crippen LogP contribution in [0.3, 0.4) is 0 Å². The summed E-state index contributed by atoms with van der Waals surface area (Å²) in [6.45, 7) is 1.14. The van der Waals surface area contributed by atoms with E-state index in [-0.39, 0.29) is 0 Å². The van der Waals surface area contributed by atoms with Crippen molar-refractivity contribution >= 4 is 11.9 Å². The fourth-order valence-electron chi connectivity index (χ4n) is 1.59. The van der Waals surface area contributed by atoms with Gasteiger partial charge in [0, 0.05) is 6.08 Å². The third-order valence-electron chi connectivity index (χ3n) is 2.52. The van der Waals surface area contributed by atoms with Crippen molar-refractivity contribution in [3.63, 3.8) is 0 Å². The van der Waals surface area contributed by atoms with Gasteiger partial charge in [0.05, 0.1) is 4.92 Å². The van der Waals surface area contributed by atoms with E-state index in [2.05, 4.69) is 0 Å². The molecule has 2 atom stereocenters. The van der Waals surface area contributed by atoms with Crippen molar-refractivity contribution in [1.82, 2.24) is 0 Å². The standard InChI is InChI=1S/C9H9NO6/c1-9(8(13)14)4-2-3-5(10(15)16)6(9)7(11)12/h2-4,6H,1H3,(H,11,12)(H,13,14)/t6-,9-/m1/s1. The van der Waals surface area contributed by atoms with Crippen LogP contribution in [-0.4, -0.2) is 27.1 Å². The first-order chi connectivity index (χ1) is 7.30. The zero-order chi connectivity index (χ0) is 12.5. The maximum absolute atomic E-state index is 11.0. The summed E-state index contributed by atoms with van der Waals surface area (Å²) in [6, 6.07) is 0. The van der Waals surface area contributed by atoms with E-state index >= 15 is 0 Å². The molecule has 1 rings (SSSR count). The zero-order valence-electron chi connectivity index (χ0n) is 8.28. The minimum Gasteiger partial charge on any atom is -0.481 e. The normalized spacial score (nSPS) is 28.3. The Bertz CT molecular complexity index is 424. The van der Waals surface area contributed by atoms with Crippen LogP contribution in [-0.2, 0) is 9.59 Å². The Morgan fingerprint density at radius 2 is 2.06 bits per heavy atom. The number of carboxylic acid groups (broad SMARTS) is 2. The van der Waals surface area contributed by atoms with Crippen LogP contribution in [0.1, 0.15) is 6.92 Å². The van der Waals surface area contributed by atoms with E-state index in [1.165, 1.54) is 6.08 Å². The van der Waals surface area contributed by atoms with E-state index < -0.39 is 33.9 Å². The first-order valence-electron chi connectivity index (χ1n) is 4.30. The van der Waals surface area contributed by atoms with Gasteiger partial charge in [-0.1, -0.05) is 12.2 Å². The Balaban J connectivity index is 3.32. The van der Waals surface area contributed by atoms with Gasteiger partial charge in [0.1, 0.15) is 5.41 Å². The predicted octanol–water partition coefficient (Wildman–Crippen LogP) is 0.508. The molecule has 16 heavy (non-hydrogen) atoms. The largest absolute Gasteiger partial charge is 0.481 e. The maximum Gasteiger partial charge on any atom is 0.318 e. The van der Waals surface area contributed by atoms with Gasteiger partial charge in [-0.25, -0.2) is 0 Å². The van der Waals surface area contributed by atoms with Gasteiger partial charge in [-0.05, 0) is 6.92 Å². The first-order valence-corrected chi connectivity index (χ1v) is 4.30. The topological polar surface area (TPSA) is 118 Å². The highest BCUT2D eigenvalue weighted by Gasteiger charge is 2.52. The lowest BCUT2D eigenvalue weighted by Gasteiger charge is -2.27. The van der Waals surface area contributed by atoms with E-state index in [0.717, 1.165) is 19.1 Å². The van der Waals surface area contributed by atoms with E-state index in [0.29, 0.717) is 0 Å². The third kappa shape index (κ3) is 1.67. The quantitative estimate of drug-likeness (QED) is 0.535. The summed E-state index contributed by atoms with van der Waals surface area (Å²) in [5, 5.41) is 28.5. The molecule has 1 aliphatic carbocycles. The van der Waals surface area contributed by atoms with E-state index in [1.54, 1.807) is 0 Å². The Hall–Kier alpha value is -2.18. The summed E-state index contributed by atoms with van der Waals surface area (Å²) in [6.07, 6.45) is 3.33. The molecule has 0 saturated carbocycles. The lowest BCUT2D eigenvalue weighted by Crippen LogP contribution is -2.42. The van der Waals surface area contributed by atoms with Gasteiger partial charge in [0.2, 0.25) is 0 Å². The van der Waals surface area contributed by atoms with E-state index in [1.807, 2.05) is 0 Å². The van der Waals surface area contributed by atoms with Crippen molar-refractivity contribution in [3.8, 4) is 0 Å². The van der Waals surface area contributed by atoms with Crippen LogP contribution >= 0.6 is 0 Å². The summed E-state index contributed by atoms with van der Waals surface area (Å²) >= 11 is 0. The van der Waals surface area contributed by atoms with Gasteiger partial charge in [0.25, 0.3) is 5.70 Å². The second-order valence-corrected chi connectivity index (χ2v) is 3.57. The summed E-state index contributed by atoms with van der Waals surface area (Å²) in [7, 11) is 0. The number of carbonyl (C=O) groups is 2. The van der Waals surface area contributed by atoms with Crippen LogP contribution in [0.5, 0.6) is 0 Å². The monoisotopic (exact) mass is 227 g/mol. The maximum atomic E-state index is 11.0. The predicted molar refractivity (Wildman–Crippen MR) is 51.1 cm³/mol. The smallest absolute Gasteiger partial charge is 0.318 e. The van der Waals surface area contributed by atoms with Crippen LogP contribution in [0, 0.1) is 21.4 Å². The molecule has 0 fully saturated rings. The minimum atomic E-state index is -1.80. The Morgan fingerprint density at radius 3 is 2.44 bits per heavy atom. The van der Waals surface area contributed by atoms with Gasteiger partial charge in [-0.15, -0.1) is 0 Å². The molecular weight excluding hydrogens is 218 g/mol. The molecule has 86 valence electrons. The molecule has 0 heterocycles. The molecule has 7 heteroatoms. The molecule has 2 N–H and O–H groups in total. The van der Waals surface area contributed by atoms with Gasteiger partial charge in [-0.3, -0.25) is 19.7 Å². The van der Waals surface area contributed by atoms with Gasteiger partial charge in [0.15, 0.2) is 5.92 Å². The molecule has 0 aromatic rings. The Kier molecular flexibility index (Phi) is 2.80. The van der Waals surface area contributed by atoms with Crippen molar-refractivity contribution in [2.24, 2.45) is 11.3 Å². The molecule has 0 aromatic carbocycles. The number of allylic oxidation sites excluding steroid dienone is 2. The number of rotatable bonds is 3. The molecule has 1 aliphatic rings. The number of nitro groups is 1.